The Morgan fingerprint density at radius 3 is 2.59 bits per heavy atom. The molecular weight excluding hydrogens is 372 g/mol. The number of rotatable bonds is 4. The molecule has 9 heteroatoms. The van der Waals surface area contributed by atoms with Gasteiger partial charge in [0.15, 0.2) is 5.65 Å². The maximum Gasteiger partial charge on any atom is 0.209 e. The fourth-order valence-corrected chi connectivity index (χ4v) is 3.41. The summed E-state index contributed by atoms with van der Waals surface area (Å²) in [5.41, 5.74) is 7.92. The van der Waals surface area contributed by atoms with Gasteiger partial charge < -0.3 is 20.1 Å². The van der Waals surface area contributed by atoms with Crippen molar-refractivity contribution in [3.63, 3.8) is 0 Å². The van der Waals surface area contributed by atoms with Crippen molar-refractivity contribution in [2.45, 2.75) is 12.5 Å². The Balaban J connectivity index is 1.78. The molecule has 1 aliphatic rings. The van der Waals surface area contributed by atoms with Crippen molar-refractivity contribution < 1.29 is 14.3 Å². The Kier molecular flexibility index (Phi) is 4.91. The minimum absolute atomic E-state index is 0.0180. The second kappa shape index (κ2) is 7.67. The quantitative estimate of drug-likeness (QED) is 0.525. The molecule has 0 unspecified atom stereocenters. The Morgan fingerprint density at radius 1 is 1.17 bits per heavy atom. The van der Waals surface area contributed by atoms with Gasteiger partial charge in [0.25, 0.3) is 0 Å². The Morgan fingerprint density at radius 2 is 1.93 bits per heavy atom. The molecule has 0 spiro atoms. The molecule has 1 aliphatic heterocycles. The smallest absolute Gasteiger partial charge is 0.209 e. The molecule has 1 aromatic carbocycles. The van der Waals surface area contributed by atoms with Gasteiger partial charge in [-0.25, -0.2) is 14.6 Å². The summed E-state index contributed by atoms with van der Waals surface area (Å²) in [5, 5.41) is 5.27. The van der Waals surface area contributed by atoms with Crippen LogP contribution in [0.15, 0.2) is 24.5 Å². The van der Waals surface area contributed by atoms with Crippen molar-refractivity contribution in [2.24, 2.45) is 0 Å². The zero-order chi connectivity index (χ0) is 20.4. The van der Waals surface area contributed by atoms with Gasteiger partial charge in [0, 0.05) is 24.7 Å². The molecule has 2 aromatic heterocycles. The van der Waals surface area contributed by atoms with Crippen LogP contribution in [0.3, 0.4) is 0 Å². The molecule has 4 rings (SSSR count). The number of likely N-dealkylation sites (tertiary alicyclic amines) is 1. The van der Waals surface area contributed by atoms with E-state index in [2.05, 4.69) is 26.9 Å². The highest BCUT2D eigenvalue weighted by Gasteiger charge is 2.27. The molecule has 148 valence electrons. The number of fused-ring (bicyclic) bond motifs is 1. The lowest BCUT2D eigenvalue weighted by Crippen LogP contribution is -2.20. The first kappa shape index (κ1) is 18.6. The van der Waals surface area contributed by atoms with Crippen LogP contribution in [0, 0.1) is 11.8 Å². The summed E-state index contributed by atoms with van der Waals surface area (Å²) in [6, 6.07) is 5.42. The van der Waals surface area contributed by atoms with Crippen LogP contribution in [0.5, 0.6) is 11.5 Å². The first-order chi connectivity index (χ1) is 14.1. The van der Waals surface area contributed by atoms with E-state index in [1.54, 1.807) is 29.9 Å². The molecule has 0 saturated carbocycles. The second-order valence-electron chi connectivity index (χ2n) is 6.64. The van der Waals surface area contributed by atoms with Gasteiger partial charge in [-0.05, 0) is 24.5 Å². The molecular formula is C20H20N6O3. The molecule has 9 nitrogen and oxygen atoms in total. The molecule has 29 heavy (non-hydrogen) atoms. The average molecular weight is 392 g/mol. The van der Waals surface area contributed by atoms with Crippen LogP contribution in [0.4, 0.5) is 5.82 Å². The van der Waals surface area contributed by atoms with Crippen molar-refractivity contribution in [3.8, 4) is 23.3 Å². The first-order valence-electron chi connectivity index (χ1n) is 9.06. The summed E-state index contributed by atoms with van der Waals surface area (Å²) < 4.78 is 12.4. The second-order valence-corrected chi connectivity index (χ2v) is 6.64. The van der Waals surface area contributed by atoms with E-state index in [1.165, 1.54) is 6.33 Å². The molecule has 0 radical (unpaired) electrons. The molecule has 3 aromatic rings. The number of nitrogen functional groups attached to an aromatic ring is 1. The lowest BCUT2D eigenvalue weighted by atomic mass is 10.2. The number of carbonyl (C=O) groups is 1. The summed E-state index contributed by atoms with van der Waals surface area (Å²) in [4.78, 5) is 21.2. The highest BCUT2D eigenvalue weighted by Crippen LogP contribution is 2.28. The number of hydrogen-bond acceptors (Lipinski definition) is 7. The van der Waals surface area contributed by atoms with Crippen molar-refractivity contribution in [1.29, 1.82) is 0 Å². The van der Waals surface area contributed by atoms with Crippen LogP contribution in [-0.2, 0) is 4.79 Å². The van der Waals surface area contributed by atoms with Gasteiger partial charge in [0.1, 0.15) is 29.3 Å². The predicted molar refractivity (Wildman–Crippen MR) is 107 cm³/mol. The number of anilines is 1. The summed E-state index contributed by atoms with van der Waals surface area (Å²) in [6.07, 6.45) is 3.05. The third-order valence-electron chi connectivity index (χ3n) is 4.88. The summed E-state index contributed by atoms with van der Waals surface area (Å²) >= 11 is 0. The maximum absolute atomic E-state index is 11.1. The lowest BCUT2D eigenvalue weighted by Gasteiger charge is -2.11. The van der Waals surface area contributed by atoms with Crippen LogP contribution < -0.4 is 15.2 Å². The number of methoxy groups -OCH3 is 2. The molecule has 3 heterocycles. The Labute approximate surface area is 167 Å². The van der Waals surface area contributed by atoms with Gasteiger partial charge in [0.2, 0.25) is 6.41 Å². The highest BCUT2D eigenvalue weighted by atomic mass is 16.5. The van der Waals surface area contributed by atoms with Crippen molar-refractivity contribution >= 4 is 23.3 Å². The minimum atomic E-state index is 0.0180. The maximum atomic E-state index is 11.1. The van der Waals surface area contributed by atoms with Crippen molar-refractivity contribution in [2.75, 3.05) is 33.0 Å². The molecule has 0 bridgehead atoms. The van der Waals surface area contributed by atoms with Crippen LogP contribution in [0.25, 0.3) is 11.0 Å². The number of ether oxygens (including phenoxy) is 2. The zero-order valence-corrected chi connectivity index (χ0v) is 16.1. The number of aromatic nitrogens is 4. The van der Waals surface area contributed by atoms with Gasteiger partial charge in [-0.1, -0.05) is 5.92 Å². The monoisotopic (exact) mass is 392 g/mol. The first-order valence-corrected chi connectivity index (χ1v) is 9.06. The van der Waals surface area contributed by atoms with E-state index in [9.17, 15) is 4.79 Å². The molecule has 1 saturated heterocycles. The zero-order valence-electron chi connectivity index (χ0n) is 16.1. The van der Waals surface area contributed by atoms with Gasteiger partial charge in [-0.3, -0.25) is 4.79 Å². The third-order valence-corrected chi connectivity index (χ3v) is 4.88. The number of carbonyl (C=O) groups excluding carboxylic acids is 1. The number of hydrogen-bond donors (Lipinski definition) is 1. The summed E-state index contributed by atoms with van der Waals surface area (Å²) in [6.45, 7) is 1.25. The van der Waals surface area contributed by atoms with Crippen LogP contribution in [0.2, 0.25) is 0 Å². The predicted octanol–water partition coefficient (Wildman–Crippen LogP) is 1.23. The molecule has 1 fully saturated rings. The van der Waals surface area contributed by atoms with Crippen molar-refractivity contribution in [3.05, 3.63) is 35.8 Å². The highest BCUT2D eigenvalue weighted by molar-refractivity contribution is 5.90. The largest absolute Gasteiger partial charge is 0.497 e. The van der Waals surface area contributed by atoms with E-state index < -0.39 is 0 Å². The summed E-state index contributed by atoms with van der Waals surface area (Å²) in [7, 11) is 3.17. The Bertz CT molecular complexity index is 1110. The van der Waals surface area contributed by atoms with Gasteiger partial charge in [0.05, 0.1) is 25.6 Å². The third kappa shape index (κ3) is 3.52. The van der Waals surface area contributed by atoms with Crippen molar-refractivity contribution in [1.82, 2.24) is 24.6 Å². The molecule has 0 aliphatic carbocycles. The van der Waals surface area contributed by atoms with E-state index in [0.29, 0.717) is 52.7 Å². The van der Waals surface area contributed by atoms with Gasteiger partial charge in [-0.15, -0.1) is 0 Å². The van der Waals surface area contributed by atoms with Crippen LogP contribution >= 0.6 is 0 Å². The minimum Gasteiger partial charge on any atom is -0.497 e. The average Bonchev–Trinajstić information content (AvgIpc) is 3.37. The van der Waals surface area contributed by atoms with E-state index in [0.717, 1.165) is 12.8 Å². The fourth-order valence-electron chi connectivity index (χ4n) is 3.41. The van der Waals surface area contributed by atoms with Gasteiger partial charge in [-0.2, -0.15) is 5.10 Å². The lowest BCUT2D eigenvalue weighted by molar-refractivity contribution is -0.117. The van der Waals surface area contributed by atoms with E-state index in [-0.39, 0.29) is 6.04 Å². The van der Waals surface area contributed by atoms with E-state index in [1.807, 2.05) is 12.1 Å². The standard InChI is InChI=1S/C20H20N6O3/c1-28-15-7-13(8-16(9-15)29-2)3-4-17-18-19(21)22-11-23-20(18)26(24-17)14-5-6-25(10-14)12-27/h7-9,11-12,14H,5-6,10H2,1-2H3,(H2,21,22,23)/t14-/m0/s1. The van der Waals surface area contributed by atoms with E-state index in [4.69, 9.17) is 15.2 Å². The fraction of sp³-hybridized carbons (Fsp3) is 0.300. The Hall–Kier alpha value is -3.80. The number of benzene rings is 1. The number of amides is 1. The van der Waals surface area contributed by atoms with Crippen LogP contribution in [-0.4, -0.2) is 58.4 Å². The normalized spacial score (nSPS) is 15.8. The number of nitrogens with zero attached hydrogens (tertiary/aromatic N) is 5. The van der Waals surface area contributed by atoms with Gasteiger partial charge >= 0.3 is 0 Å². The molecule has 2 N–H and O–H groups in total. The SMILES string of the molecule is COc1cc(C#Cc2nn([C@H]3CCN(C=O)C3)c3ncnc(N)c23)cc(OC)c1. The topological polar surface area (TPSA) is 108 Å². The summed E-state index contributed by atoms with van der Waals surface area (Å²) in [5.74, 6) is 7.78. The van der Waals surface area contributed by atoms with Crippen LogP contribution in [0.1, 0.15) is 23.7 Å². The number of nitrogens with two attached hydrogens (primary N) is 1. The molecule has 1 atom stereocenters. The van der Waals surface area contributed by atoms with E-state index >= 15 is 0 Å². The molecule has 1 amide bonds.